The second-order valence-electron chi connectivity index (χ2n) is 6.60. The maximum Gasteiger partial charge on any atom is 0.122 e. The average molecular weight is 261 g/mol. The lowest BCUT2D eigenvalue weighted by molar-refractivity contribution is 0.242. The summed E-state index contributed by atoms with van der Waals surface area (Å²) in [6, 6.07) is 9.04. The van der Waals surface area contributed by atoms with Crippen molar-refractivity contribution < 1.29 is 4.74 Å². The van der Waals surface area contributed by atoms with Gasteiger partial charge in [0.1, 0.15) is 5.75 Å². The van der Waals surface area contributed by atoms with Crippen LogP contribution in [-0.4, -0.2) is 19.2 Å². The lowest BCUT2D eigenvalue weighted by atomic mass is 9.82. The summed E-state index contributed by atoms with van der Waals surface area (Å²) in [5.74, 6) is 1.66. The van der Waals surface area contributed by atoms with Crippen LogP contribution in [0.4, 0.5) is 0 Å². The van der Waals surface area contributed by atoms with Gasteiger partial charge in [-0.1, -0.05) is 45.9 Å². The molecule has 0 radical (unpaired) electrons. The van der Waals surface area contributed by atoms with Crippen molar-refractivity contribution in [2.75, 3.05) is 13.2 Å². The van der Waals surface area contributed by atoms with Gasteiger partial charge in [0.05, 0.1) is 6.61 Å². The zero-order valence-electron chi connectivity index (χ0n) is 12.7. The van der Waals surface area contributed by atoms with Crippen LogP contribution in [0, 0.1) is 5.41 Å². The van der Waals surface area contributed by atoms with Crippen molar-refractivity contribution in [2.24, 2.45) is 5.41 Å². The Kier molecular flexibility index (Phi) is 4.51. The summed E-state index contributed by atoms with van der Waals surface area (Å²) in [4.78, 5) is 0. The fourth-order valence-electron chi connectivity index (χ4n) is 2.92. The molecular formula is C17H27NO. The summed E-state index contributed by atoms with van der Waals surface area (Å²) in [6.07, 6.45) is 2.41. The molecule has 0 bridgehead atoms. The molecule has 1 aliphatic heterocycles. The molecule has 0 fully saturated rings. The van der Waals surface area contributed by atoms with Crippen LogP contribution < -0.4 is 10.1 Å². The second-order valence-corrected chi connectivity index (χ2v) is 6.60. The van der Waals surface area contributed by atoms with E-state index in [1.54, 1.807) is 0 Å². The summed E-state index contributed by atoms with van der Waals surface area (Å²) in [5.41, 5.74) is 1.71. The Bertz CT molecular complexity index is 408. The summed E-state index contributed by atoms with van der Waals surface area (Å²) < 4.78 is 5.77. The molecule has 2 unspecified atom stereocenters. The van der Waals surface area contributed by atoms with E-state index in [0.717, 1.165) is 18.9 Å². The van der Waals surface area contributed by atoms with E-state index in [4.69, 9.17) is 4.74 Å². The molecule has 2 nitrogen and oxygen atoms in total. The van der Waals surface area contributed by atoms with Gasteiger partial charge in [0.25, 0.3) is 0 Å². The molecule has 1 aromatic rings. The first kappa shape index (κ1) is 14.4. The van der Waals surface area contributed by atoms with Gasteiger partial charge in [-0.05, 0) is 30.9 Å². The third kappa shape index (κ3) is 3.50. The van der Waals surface area contributed by atoms with Crippen LogP contribution in [0.25, 0.3) is 0 Å². The summed E-state index contributed by atoms with van der Waals surface area (Å²) in [6.45, 7) is 11.0. The molecule has 0 saturated heterocycles. The zero-order chi connectivity index (χ0) is 13.9. The predicted octanol–water partition coefficient (Wildman–Crippen LogP) is 3.97. The zero-order valence-corrected chi connectivity index (χ0v) is 12.7. The topological polar surface area (TPSA) is 21.3 Å². The third-order valence-corrected chi connectivity index (χ3v) is 4.10. The molecule has 2 rings (SSSR count). The van der Waals surface area contributed by atoms with E-state index in [0.29, 0.717) is 17.4 Å². The number of ether oxygens (including phenoxy) is 1. The van der Waals surface area contributed by atoms with Crippen molar-refractivity contribution in [3.63, 3.8) is 0 Å². The maximum absolute atomic E-state index is 5.77. The number of hydrogen-bond donors (Lipinski definition) is 1. The fourth-order valence-corrected chi connectivity index (χ4v) is 2.92. The minimum atomic E-state index is 0.314. The van der Waals surface area contributed by atoms with Gasteiger partial charge in [0, 0.05) is 17.5 Å². The van der Waals surface area contributed by atoms with Crippen molar-refractivity contribution in [3.05, 3.63) is 29.8 Å². The van der Waals surface area contributed by atoms with Gasteiger partial charge >= 0.3 is 0 Å². The standard InChI is InChI=1S/C17H27NO/c1-5-18-16(17(2,3)4)11-10-13-12-19-15-9-7-6-8-14(13)15/h6-9,13,16,18H,5,10-12H2,1-4H3. The summed E-state index contributed by atoms with van der Waals surface area (Å²) >= 11 is 0. The first-order valence-electron chi connectivity index (χ1n) is 7.47. The molecule has 2 atom stereocenters. The van der Waals surface area contributed by atoms with E-state index in [1.165, 1.54) is 18.4 Å². The van der Waals surface area contributed by atoms with Crippen LogP contribution in [0.5, 0.6) is 5.75 Å². The number of nitrogens with one attached hydrogen (secondary N) is 1. The van der Waals surface area contributed by atoms with Gasteiger partial charge in [0.2, 0.25) is 0 Å². The van der Waals surface area contributed by atoms with Gasteiger partial charge in [0.15, 0.2) is 0 Å². The number of benzene rings is 1. The van der Waals surface area contributed by atoms with E-state index >= 15 is 0 Å². The predicted molar refractivity (Wildman–Crippen MR) is 80.8 cm³/mol. The molecule has 1 N–H and O–H groups in total. The molecule has 106 valence electrons. The fraction of sp³-hybridized carbons (Fsp3) is 0.647. The Morgan fingerprint density at radius 3 is 2.74 bits per heavy atom. The molecule has 0 spiro atoms. The molecule has 1 aromatic carbocycles. The van der Waals surface area contributed by atoms with Crippen LogP contribution in [0.2, 0.25) is 0 Å². The first-order chi connectivity index (χ1) is 9.02. The second kappa shape index (κ2) is 5.96. The molecule has 2 heteroatoms. The Balaban J connectivity index is 1.96. The van der Waals surface area contributed by atoms with Crippen molar-refractivity contribution in [3.8, 4) is 5.75 Å². The molecule has 19 heavy (non-hydrogen) atoms. The van der Waals surface area contributed by atoms with Crippen LogP contribution in [0.1, 0.15) is 52.0 Å². The number of hydrogen-bond acceptors (Lipinski definition) is 2. The smallest absolute Gasteiger partial charge is 0.122 e. The number of rotatable bonds is 5. The van der Waals surface area contributed by atoms with Crippen molar-refractivity contribution >= 4 is 0 Å². The van der Waals surface area contributed by atoms with Gasteiger partial charge in [-0.15, -0.1) is 0 Å². The quantitative estimate of drug-likeness (QED) is 0.866. The third-order valence-electron chi connectivity index (χ3n) is 4.10. The maximum atomic E-state index is 5.77. The Labute approximate surface area is 117 Å². The van der Waals surface area contributed by atoms with Crippen LogP contribution in [-0.2, 0) is 0 Å². The van der Waals surface area contributed by atoms with E-state index in [9.17, 15) is 0 Å². The van der Waals surface area contributed by atoms with Gasteiger partial charge < -0.3 is 10.1 Å². The van der Waals surface area contributed by atoms with Crippen molar-refractivity contribution in [1.29, 1.82) is 0 Å². The monoisotopic (exact) mass is 261 g/mol. The van der Waals surface area contributed by atoms with E-state index in [2.05, 4.69) is 57.3 Å². The van der Waals surface area contributed by atoms with Crippen molar-refractivity contribution in [1.82, 2.24) is 5.32 Å². The molecule has 1 aliphatic rings. The number of para-hydroxylation sites is 1. The normalized spacial score (nSPS) is 19.9. The first-order valence-corrected chi connectivity index (χ1v) is 7.47. The molecule has 0 saturated carbocycles. The minimum absolute atomic E-state index is 0.314. The van der Waals surface area contributed by atoms with E-state index < -0.39 is 0 Å². The highest BCUT2D eigenvalue weighted by Gasteiger charge is 2.28. The summed E-state index contributed by atoms with van der Waals surface area (Å²) in [7, 11) is 0. The van der Waals surface area contributed by atoms with Crippen LogP contribution >= 0.6 is 0 Å². The highest BCUT2D eigenvalue weighted by molar-refractivity contribution is 5.39. The SMILES string of the molecule is CCNC(CCC1COc2ccccc21)C(C)(C)C. The van der Waals surface area contributed by atoms with Crippen LogP contribution in [0.15, 0.2) is 24.3 Å². The highest BCUT2D eigenvalue weighted by atomic mass is 16.5. The number of fused-ring (bicyclic) bond motifs is 1. The molecular weight excluding hydrogens is 234 g/mol. The Hall–Kier alpha value is -1.02. The van der Waals surface area contributed by atoms with E-state index in [1.807, 2.05) is 0 Å². The van der Waals surface area contributed by atoms with E-state index in [-0.39, 0.29) is 0 Å². The molecule has 0 aromatic heterocycles. The molecule has 0 amide bonds. The lowest BCUT2D eigenvalue weighted by Gasteiger charge is -2.32. The average Bonchev–Trinajstić information content (AvgIpc) is 2.76. The van der Waals surface area contributed by atoms with Crippen molar-refractivity contribution in [2.45, 2.75) is 52.5 Å². The Morgan fingerprint density at radius 1 is 1.32 bits per heavy atom. The molecule has 1 heterocycles. The largest absolute Gasteiger partial charge is 0.493 e. The van der Waals surface area contributed by atoms with Gasteiger partial charge in [-0.3, -0.25) is 0 Å². The Morgan fingerprint density at radius 2 is 2.05 bits per heavy atom. The lowest BCUT2D eigenvalue weighted by Crippen LogP contribution is -2.40. The summed E-state index contributed by atoms with van der Waals surface area (Å²) in [5, 5.41) is 3.63. The van der Waals surface area contributed by atoms with Crippen LogP contribution in [0.3, 0.4) is 0 Å². The highest BCUT2D eigenvalue weighted by Crippen LogP contribution is 2.37. The van der Waals surface area contributed by atoms with Gasteiger partial charge in [-0.2, -0.15) is 0 Å². The molecule has 0 aliphatic carbocycles. The van der Waals surface area contributed by atoms with Gasteiger partial charge in [-0.25, -0.2) is 0 Å². The minimum Gasteiger partial charge on any atom is -0.493 e.